The third-order valence-corrected chi connectivity index (χ3v) is 2.32. The molecule has 0 atom stereocenters. The first-order valence-corrected chi connectivity index (χ1v) is 4.74. The fourth-order valence-electron chi connectivity index (χ4n) is 1.18. The van der Waals surface area contributed by atoms with Crippen molar-refractivity contribution in [3.63, 3.8) is 0 Å². The number of fused-ring (bicyclic) bond motifs is 1. The van der Waals surface area contributed by atoms with Crippen LogP contribution in [0.1, 0.15) is 0 Å². The summed E-state index contributed by atoms with van der Waals surface area (Å²) in [5.41, 5.74) is 1.41. The van der Waals surface area contributed by atoms with Gasteiger partial charge in [-0.2, -0.15) is 9.97 Å². The molecule has 0 aromatic carbocycles. The van der Waals surface area contributed by atoms with Gasteiger partial charge in [-0.05, 0) is 11.9 Å². The van der Waals surface area contributed by atoms with Gasteiger partial charge in [0, 0.05) is 7.05 Å². The summed E-state index contributed by atoms with van der Waals surface area (Å²) in [6, 6.07) is 0.282. The molecule has 0 amide bonds. The third kappa shape index (κ3) is 1.30. The molecule has 0 fully saturated rings. The zero-order valence-corrected chi connectivity index (χ0v) is 8.58. The van der Waals surface area contributed by atoms with Crippen molar-refractivity contribution in [2.75, 3.05) is 7.11 Å². The van der Waals surface area contributed by atoms with Crippen molar-refractivity contribution in [2.24, 2.45) is 12.2 Å². The maximum atomic E-state index is 5.50. The summed E-state index contributed by atoms with van der Waals surface area (Å²) in [4.78, 5) is 12.3. The fraction of sp³-hybridized carbons (Fsp3) is 0.286. The lowest BCUT2D eigenvalue weighted by Gasteiger charge is -2.02. The summed E-state index contributed by atoms with van der Waals surface area (Å²) < 4.78 is 6.76. The van der Waals surface area contributed by atoms with Gasteiger partial charge >= 0.3 is 6.01 Å². The number of aromatic nitrogens is 4. The Kier molecular flexibility index (Phi) is 2.26. The van der Waals surface area contributed by atoms with Crippen LogP contribution in [0.3, 0.4) is 0 Å². The molecule has 0 spiro atoms. The molecule has 0 saturated heterocycles. The smallest absolute Gasteiger partial charge is 0.319 e. The van der Waals surface area contributed by atoms with Crippen LogP contribution >= 0.6 is 11.9 Å². The minimum atomic E-state index is 0.282. The first-order chi connectivity index (χ1) is 6.76. The summed E-state index contributed by atoms with van der Waals surface area (Å²) in [6.07, 6.45) is 1.67. The highest BCUT2D eigenvalue weighted by Gasteiger charge is 2.11. The minimum absolute atomic E-state index is 0.282. The Morgan fingerprint density at radius 2 is 2.29 bits per heavy atom. The fourth-order valence-corrected chi connectivity index (χ4v) is 1.65. The number of aryl methyl sites for hydroxylation is 1. The van der Waals surface area contributed by atoms with Gasteiger partial charge in [0.15, 0.2) is 5.65 Å². The lowest BCUT2D eigenvalue weighted by molar-refractivity contribution is 0.378. The number of methoxy groups -OCH3 is 1. The van der Waals surface area contributed by atoms with E-state index in [1.807, 2.05) is 11.6 Å². The Balaban J connectivity index is 2.76. The number of nitrogens with two attached hydrogens (primary N) is 1. The van der Waals surface area contributed by atoms with Gasteiger partial charge in [0.2, 0.25) is 0 Å². The van der Waals surface area contributed by atoms with Crippen LogP contribution < -0.4 is 9.88 Å². The third-order valence-electron chi connectivity index (χ3n) is 1.81. The van der Waals surface area contributed by atoms with E-state index in [9.17, 15) is 0 Å². The molecule has 2 rings (SSSR count). The predicted octanol–water partition coefficient (Wildman–Crippen LogP) is 0.338. The Morgan fingerprint density at radius 1 is 1.50 bits per heavy atom. The largest absolute Gasteiger partial charge is 0.467 e. The van der Waals surface area contributed by atoms with Gasteiger partial charge in [0.05, 0.1) is 13.4 Å². The number of ether oxygens (including phenoxy) is 1. The van der Waals surface area contributed by atoms with Gasteiger partial charge < -0.3 is 9.30 Å². The van der Waals surface area contributed by atoms with Gasteiger partial charge in [-0.15, -0.1) is 0 Å². The van der Waals surface area contributed by atoms with Crippen LogP contribution in [0, 0.1) is 0 Å². The maximum absolute atomic E-state index is 5.50. The normalized spacial score (nSPS) is 10.8. The van der Waals surface area contributed by atoms with Crippen molar-refractivity contribution in [2.45, 2.75) is 5.03 Å². The van der Waals surface area contributed by atoms with E-state index in [1.54, 1.807) is 6.33 Å². The first kappa shape index (κ1) is 9.22. The highest BCUT2D eigenvalue weighted by Crippen LogP contribution is 2.22. The highest BCUT2D eigenvalue weighted by molar-refractivity contribution is 7.97. The average molecular weight is 211 g/mol. The standard InChI is InChI=1S/C7H9N5OS/c1-12-3-9-5-4(12)6(14-8)11-7(10-5)13-2/h3H,8H2,1-2H3. The molecular weight excluding hydrogens is 202 g/mol. The molecule has 6 nitrogen and oxygen atoms in total. The molecule has 0 radical (unpaired) electrons. The molecule has 2 heterocycles. The monoisotopic (exact) mass is 211 g/mol. The van der Waals surface area contributed by atoms with Gasteiger partial charge in [0.1, 0.15) is 10.5 Å². The number of hydrogen-bond acceptors (Lipinski definition) is 6. The van der Waals surface area contributed by atoms with Gasteiger partial charge in [-0.3, -0.25) is 5.14 Å². The average Bonchev–Trinajstić information content (AvgIpc) is 2.59. The van der Waals surface area contributed by atoms with Crippen molar-refractivity contribution in [1.82, 2.24) is 19.5 Å². The second kappa shape index (κ2) is 3.43. The van der Waals surface area contributed by atoms with E-state index in [0.717, 1.165) is 17.5 Å². The predicted molar refractivity (Wildman–Crippen MR) is 52.9 cm³/mol. The van der Waals surface area contributed by atoms with Crippen molar-refractivity contribution >= 4 is 23.1 Å². The van der Waals surface area contributed by atoms with E-state index in [4.69, 9.17) is 9.88 Å². The zero-order valence-electron chi connectivity index (χ0n) is 7.76. The van der Waals surface area contributed by atoms with E-state index >= 15 is 0 Å². The van der Waals surface area contributed by atoms with Crippen molar-refractivity contribution in [3.8, 4) is 6.01 Å². The number of hydrogen-bond donors (Lipinski definition) is 1. The highest BCUT2D eigenvalue weighted by atomic mass is 32.2. The van der Waals surface area contributed by atoms with E-state index in [-0.39, 0.29) is 6.01 Å². The SMILES string of the molecule is COc1nc(SN)c2c(ncn2C)n1. The van der Waals surface area contributed by atoms with E-state index in [0.29, 0.717) is 10.7 Å². The second-order valence-electron chi connectivity index (χ2n) is 2.66. The molecular formula is C7H9N5OS. The van der Waals surface area contributed by atoms with Crippen molar-refractivity contribution < 1.29 is 4.74 Å². The number of imidazole rings is 1. The molecule has 2 N–H and O–H groups in total. The van der Waals surface area contributed by atoms with Gasteiger partial charge in [0.25, 0.3) is 0 Å². The molecule has 0 aliphatic heterocycles. The first-order valence-electron chi connectivity index (χ1n) is 3.86. The summed E-state index contributed by atoms with van der Waals surface area (Å²) in [5.74, 6) is 0. The summed E-state index contributed by atoms with van der Waals surface area (Å²) in [6.45, 7) is 0. The Hall–Kier alpha value is -1.34. The summed E-state index contributed by atoms with van der Waals surface area (Å²) >= 11 is 1.05. The van der Waals surface area contributed by atoms with Crippen molar-refractivity contribution in [3.05, 3.63) is 6.33 Å². The molecule has 0 unspecified atom stereocenters. The molecule has 0 aliphatic carbocycles. The number of nitrogens with zero attached hydrogens (tertiary/aromatic N) is 4. The van der Waals surface area contributed by atoms with Crippen LogP contribution in [0.15, 0.2) is 11.4 Å². The quantitative estimate of drug-likeness (QED) is 0.570. The molecule has 2 aromatic rings. The van der Waals surface area contributed by atoms with Crippen molar-refractivity contribution in [1.29, 1.82) is 0 Å². The Morgan fingerprint density at radius 3 is 2.93 bits per heavy atom. The van der Waals surface area contributed by atoms with Crippen LogP contribution in [0.4, 0.5) is 0 Å². The maximum Gasteiger partial charge on any atom is 0.319 e. The van der Waals surface area contributed by atoms with E-state index < -0.39 is 0 Å². The van der Waals surface area contributed by atoms with Crippen LogP contribution in [-0.4, -0.2) is 26.6 Å². The second-order valence-corrected chi connectivity index (χ2v) is 3.28. The molecule has 14 heavy (non-hydrogen) atoms. The molecule has 74 valence electrons. The molecule has 2 aromatic heterocycles. The molecule has 0 aliphatic rings. The summed E-state index contributed by atoms with van der Waals surface area (Å²) in [5, 5.41) is 6.16. The van der Waals surface area contributed by atoms with Crippen LogP contribution in [0.2, 0.25) is 0 Å². The minimum Gasteiger partial charge on any atom is -0.467 e. The lowest BCUT2D eigenvalue weighted by Crippen LogP contribution is -1.98. The summed E-state index contributed by atoms with van der Waals surface area (Å²) in [7, 11) is 3.37. The number of rotatable bonds is 2. The lowest BCUT2D eigenvalue weighted by atomic mass is 10.5. The van der Waals surface area contributed by atoms with Crippen LogP contribution in [0.25, 0.3) is 11.2 Å². The van der Waals surface area contributed by atoms with E-state index in [2.05, 4.69) is 15.0 Å². The topological polar surface area (TPSA) is 78.9 Å². The Bertz CT molecular complexity index is 468. The molecule has 7 heteroatoms. The van der Waals surface area contributed by atoms with E-state index in [1.165, 1.54) is 7.11 Å². The molecule has 0 saturated carbocycles. The van der Waals surface area contributed by atoms with Crippen LogP contribution in [0.5, 0.6) is 6.01 Å². The Labute approximate surface area is 84.6 Å². The van der Waals surface area contributed by atoms with Gasteiger partial charge in [-0.1, -0.05) is 0 Å². The van der Waals surface area contributed by atoms with Crippen LogP contribution in [-0.2, 0) is 7.05 Å². The zero-order chi connectivity index (χ0) is 10.1. The molecule has 0 bridgehead atoms. The van der Waals surface area contributed by atoms with Gasteiger partial charge in [-0.25, -0.2) is 4.98 Å².